The number of aliphatic carboxylic acids is 1. The van der Waals surface area contributed by atoms with Gasteiger partial charge in [-0.25, -0.2) is 0 Å². The number of hydrogen-bond acceptors (Lipinski definition) is 4. The summed E-state index contributed by atoms with van der Waals surface area (Å²) in [6, 6.07) is 6.41. The lowest BCUT2D eigenvalue weighted by Crippen LogP contribution is -2.42. The molecule has 1 aromatic rings. The molecule has 0 unspecified atom stereocenters. The van der Waals surface area contributed by atoms with E-state index in [1.807, 2.05) is 0 Å². The standard InChI is InChI=1S/C14H17ClN2O4/c1-2-9(14(20)21)7-8-12(18)16-17-13(19)10-5-3-4-6-11(10)15/h3-6,9H,2,7-8H2,1H3,(H,16,18)(H,17,19)(H,20,21)/p-1/t9-/m0/s1. The Morgan fingerprint density at radius 2 is 1.90 bits per heavy atom. The lowest BCUT2D eigenvalue weighted by Gasteiger charge is -2.15. The fourth-order valence-electron chi connectivity index (χ4n) is 1.70. The second-order valence-corrected chi connectivity index (χ2v) is 4.85. The third kappa shape index (κ3) is 5.43. The molecule has 1 rings (SSSR count). The van der Waals surface area contributed by atoms with Crippen molar-refractivity contribution in [2.24, 2.45) is 5.92 Å². The maximum Gasteiger partial charge on any atom is 0.271 e. The van der Waals surface area contributed by atoms with E-state index < -0.39 is 23.7 Å². The molecule has 1 aromatic carbocycles. The number of halogens is 1. The van der Waals surface area contributed by atoms with E-state index in [9.17, 15) is 19.5 Å². The molecule has 0 saturated carbocycles. The Kier molecular flexibility index (Phi) is 6.68. The average molecular weight is 312 g/mol. The van der Waals surface area contributed by atoms with Crippen molar-refractivity contribution in [2.75, 3.05) is 0 Å². The molecule has 0 heterocycles. The van der Waals surface area contributed by atoms with Crippen molar-refractivity contribution in [1.29, 1.82) is 0 Å². The van der Waals surface area contributed by atoms with E-state index in [1.54, 1.807) is 25.1 Å². The zero-order valence-electron chi connectivity index (χ0n) is 11.5. The number of carboxylic acids is 1. The molecule has 0 spiro atoms. The van der Waals surface area contributed by atoms with Gasteiger partial charge in [-0.15, -0.1) is 0 Å². The number of carbonyl (C=O) groups excluding carboxylic acids is 3. The second kappa shape index (κ2) is 8.26. The molecule has 0 saturated heterocycles. The first-order valence-electron chi connectivity index (χ1n) is 6.50. The summed E-state index contributed by atoms with van der Waals surface area (Å²) in [6.45, 7) is 1.71. The Morgan fingerprint density at radius 3 is 2.48 bits per heavy atom. The van der Waals surface area contributed by atoms with Crippen molar-refractivity contribution >= 4 is 29.4 Å². The number of nitrogens with one attached hydrogen (secondary N) is 2. The van der Waals surface area contributed by atoms with Crippen molar-refractivity contribution in [3.63, 3.8) is 0 Å². The summed E-state index contributed by atoms with van der Waals surface area (Å²) in [6.07, 6.45) is 0.531. The highest BCUT2D eigenvalue weighted by atomic mass is 35.5. The van der Waals surface area contributed by atoms with Gasteiger partial charge in [0.1, 0.15) is 0 Å². The van der Waals surface area contributed by atoms with Gasteiger partial charge in [-0.2, -0.15) is 0 Å². The third-order valence-electron chi connectivity index (χ3n) is 2.98. The van der Waals surface area contributed by atoms with E-state index in [4.69, 9.17) is 11.6 Å². The van der Waals surface area contributed by atoms with Crippen molar-refractivity contribution in [3.05, 3.63) is 34.9 Å². The minimum atomic E-state index is -1.18. The summed E-state index contributed by atoms with van der Waals surface area (Å²) in [7, 11) is 0. The average Bonchev–Trinajstić information content (AvgIpc) is 2.45. The van der Waals surface area contributed by atoms with Gasteiger partial charge in [-0.3, -0.25) is 20.4 Å². The zero-order valence-corrected chi connectivity index (χ0v) is 12.3. The lowest BCUT2D eigenvalue weighted by molar-refractivity contribution is -0.311. The Morgan fingerprint density at radius 1 is 1.24 bits per heavy atom. The maximum absolute atomic E-state index is 11.8. The molecular formula is C14H16ClN2O4-. The molecule has 0 bridgehead atoms. The fraction of sp³-hybridized carbons (Fsp3) is 0.357. The Labute approximate surface area is 127 Å². The SMILES string of the molecule is CC[C@@H](CCC(=O)NNC(=O)c1ccccc1Cl)C(=O)[O-]. The van der Waals surface area contributed by atoms with Crippen LogP contribution in [0.4, 0.5) is 0 Å². The van der Waals surface area contributed by atoms with E-state index in [2.05, 4.69) is 10.9 Å². The summed E-state index contributed by atoms with van der Waals surface area (Å²) in [5.41, 5.74) is 4.68. The minimum absolute atomic E-state index is 0.0186. The van der Waals surface area contributed by atoms with E-state index in [0.29, 0.717) is 6.42 Å². The van der Waals surface area contributed by atoms with Crippen LogP contribution in [0.1, 0.15) is 36.5 Å². The minimum Gasteiger partial charge on any atom is -0.550 e. The topological polar surface area (TPSA) is 98.3 Å². The van der Waals surface area contributed by atoms with Crippen LogP contribution in [0.3, 0.4) is 0 Å². The number of rotatable bonds is 6. The Balaban J connectivity index is 2.41. The smallest absolute Gasteiger partial charge is 0.271 e. The highest BCUT2D eigenvalue weighted by Gasteiger charge is 2.13. The van der Waals surface area contributed by atoms with Crippen LogP contribution < -0.4 is 16.0 Å². The van der Waals surface area contributed by atoms with Crippen molar-refractivity contribution in [3.8, 4) is 0 Å². The van der Waals surface area contributed by atoms with Crippen LogP contribution in [-0.2, 0) is 9.59 Å². The molecule has 0 radical (unpaired) electrons. The van der Waals surface area contributed by atoms with Gasteiger partial charge < -0.3 is 9.90 Å². The van der Waals surface area contributed by atoms with Gasteiger partial charge in [0.25, 0.3) is 5.91 Å². The number of hydrazine groups is 1. The molecule has 0 aliphatic carbocycles. The van der Waals surface area contributed by atoms with Crippen molar-refractivity contribution < 1.29 is 19.5 Å². The quantitative estimate of drug-likeness (QED) is 0.754. The summed E-state index contributed by atoms with van der Waals surface area (Å²) >= 11 is 5.85. The molecule has 2 N–H and O–H groups in total. The Hall–Kier alpha value is -2.08. The van der Waals surface area contributed by atoms with Crippen LogP contribution in [0.15, 0.2) is 24.3 Å². The third-order valence-corrected chi connectivity index (χ3v) is 3.31. The molecule has 0 aliphatic rings. The largest absolute Gasteiger partial charge is 0.550 e. The van der Waals surface area contributed by atoms with Crippen LogP contribution in [0, 0.1) is 5.92 Å². The second-order valence-electron chi connectivity index (χ2n) is 4.45. The molecular weight excluding hydrogens is 296 g/mol. The highest BCUT2D eigenvalue weighted by molar-refractivity contribution is 6.33. The highest BCUT2D eigenvalue weighted by Crippen LogP contribution is 2.14. The Bertz CT molecular complexity index is 533. The van der Waals surface area contributed by atoms with Crippen LogP contribution in [0.5, 0.6) is 0 Å². The van der Waals surface area contributed by atoms with Crippen molar-refractivity contribution in [2.45, 2.75) is 26.2 Å². The monoisotopic (exact) mass is 311 g/mol. The molecule has 21 heavy (non-hydrogen) atoms. The number of hydrogen-bond donors (Lipinski definition) is 2. The summed E-state index contributed by atoms with van der Waals surface area (Å²) in [5, 5.41) is 11.0. The number of amides is 2. The first kappa shape index (κ1) is 17.0. The van der Waals surface area contributed by atoms with Crippen LogP contribution in [-0.4, -0.2) is 17.8 Å². The summed E-state index contributed by atoms with van der Waals surface area (Å²) in [4.78, 5) is 34.0. The van der Waals surface area contributed by atoms with Gasteiger partial charge in [-0.05, 0) is 30.9 Å². The molecule has 6 nitrogen and oxygen atoms in total. The normalized spacial score (nSPS) is 11.5. The number of benzene rings is 1. The maximum atomic E-state index is 11.8. The number of carbonyl (C=O) groups is 3. The van der Waals surface area contributed by atoms with Gasteiger partial charge in [-0.1, -0.05) is 30.7 Å². The molecule has 2 amide bonds. The van der Waals surface area contributed by atoms with E-state index >= 15 is 0 Å². The lowest BCUT2D eigenvalue weighted by atomic mass is 10.0. The van der Waals surface area contributed by atoms with Crippen LogP contribution >= 0.6 is 11.6 Å². The predicted octanol–water partition coefficient (Wildman–Crippen LogP) is 0.657. The molecule has 0 fully saturated rings. The summed E-state index contributed by atoms with van der Waals surface area (Å²) < 4.78 is 0. The molecule has 0 aliphatic heterocycles. The van der Waals surface area contributed by atoms with Gasteiger partial charge in [0.05, 0.1) is 10.6 Å². The first-order chi connectivity index (χ1) is 9.95. The van der Waals surface area contributed by atoms with Crippen molar-refractivity contribution in [1.82, 2.24) is 10.9 Å². The van der Waals surface area contributed by atoms with E-state index in [1.165, 1.54) is 6.07 Å². The van der Waals surface area contributed by atoms with Gasteiger partial charge in [0, 0.05) is 12.4 Å². The van der Waals surface area contributed by atoms with Gasteiger partial charge in [0.15, 0.2) is 0 Å². The molecule has 1 atom stereocenters. The van der Waals surface area contributed by atoms with Gasteiger partial charge >= 0.3 is 0 Å². The molecule has 0 aromatic heterocycles. The van der Waals surface area contributed by atoms with Crippen LogP contribution in [0.25, 0.3) is 0 Å². The number of carboxylic acid groups (broad SMARTS) is 1. The van der Waals surface area contributed by atoms with E-state index in [-0.39, 0.29) is 23.4 Å². The molecule has 7 heteroatoms. The summed E-state index contributed by atoms with van der Waals surface area (Å²) in [5.74, 6) is -2.86. The first-order valence-corrected chi connectivity index (χ1v) is 6.88. The van der Waals surface area contributed by atoms with Gasteiger partial charge in [0.2, 0.25) is 5.91 Å². The van der Waals surface area contributed by atoms with E-state index in [0.717, 1.165) is 0 Å². The zero-order chi connectivity index (χ0) is 15.8. The fourth-order valence-corrected chi connectivity index (χ4v) is 1.92. The van der Waals surface area contributed by atoms with Crippen LogP contribution in [0.2, 0.25) is 5.02 Å². The predicted molar refractivity (Wildman–Crippen MR) is 75.1 cm³/mol. The molecule has 114 valence electrons.